The van der Waals surface area contributed by atoms with Crippen molar-refractivity contribution in [2.45, 2.75) is 25.5 Å². The van der Waals surface area contributed by atoms with Crippen LogP contribution in [0, 0.1) is 5.82 Å². The Labute approximate surface area is 216 Å². The molecule has 188 valence electrons. The van der Waals surface area contributed by atoms with Crippen molar-refractivity contribution in [3.05, 3.63) is 88.4 Å². The number of anilines is 1. The van der Waals surface area contributed by atoms with Crippen LogP contribution in [-0.4, -0.2) is 61.1 Å². The van der Waals surface area contributed by atoms with Crippen molar-refractivity contribution >= 4 is 29.0 Å². The first-order valence-electron chi connectivity index (χ1n) is 12.6. The lowest BCUT2D eigenvalue weighted by Gasteiger charge is -2.36. The first-order chi connectivity index (χ1) is 17.6. The fourth-order valence-electron chi connectivity index (χ4n) is 4.82. The summed E-state index contributed by atoms with van der Waals surface area (Å²) in [6.45, 7) is 5.79. The van der Waals surface area contributed by atoms with Gasteiger partial charge in [-0.1, -0.05) is 30.3 Å². The van der Waals surface area contributed by atoms with E-state index < -0.39 is 0 Å². The van der Waals surface area contributed by atoms with Crippen LogP contribution in [0.1, 0.15) is 23.3 Å². The highest BCUT2D eigenvalue weighted by molar-refractivity contribution is 7.10. The van der Waals surface area contributed by atoms with Crippen LogP contribution in [0.3, 0.4) is 0 Å². The summed E-state index contributed by atoms with van der Waals surface area (Å²) >= 11 is 1.63. The highest BCUT2D eigenvalue weighted by Gasteiger charge is 2.23. The molecule has 2 aliphatic rings. The summed E-state index contributed by atoms with van der Waals surface area (Å²) in [5.41, 5.74) is 1.95. The fraction of sp³-hybridized carbons (Fsp3) is 0.345. The van der Waals surface area contributed by atoms with Gasteiger partial charge in [-0.2, -0.15) is 0 Å². The Morgan fingerprint density at radius 2 is 1.69 bits per heavy atom. The summed E-state index contributed by atoms with van der Waals surface area (Å²) in [4.78, 5) is 20.0. The van der Waals surface area contributed by atoms with Gasteiger partial charge in [0.1, 0.15) is 17.7 Å². The van der Waals surface area contributed by atoms with E-state index in [-0.39, 0.29) is 17.8 Å². The topological polar surface area (TPSA) is 36.0 Å². The summed E-state index contributed by atoms with van der Waals surface area (Å²) in [5, 5.41) is 2.01. The van der Waals surface area contributed by atoms with Crippen LogP contribution in [0.15, 0.2) is 72.1 Å². The van der Waals surface area contributed by atoms with Crippen LogP contribution >= 0.6 is 11.3 Å². The molecule has 2 fully saturated rings. The molecule has 5 rings (SSSR count). The molecule has 0 bridgehead atoms. The number of nitrogens with zero attached hydrogens (tertiary/aromatic N) is 3. The normalized spacial score (nSPS) is 17.6. The number of thiophene rings is 1. The van der Waals surface area contributed by atoms with E-state index in [1.54, 1.807) is 23.5 Å². The molecule has 5 nitrogen and oxygen atoms in total. The predicted molar refractivity (Wildman–Crippen MR) is 144 cm³/mol. The molecule has 0 radical (unpaired) electrons. The second kappa shape index (κ2) is 11.7. The summed E-state index contributed by atoms with van der Waals surface area (Å²) in [7, 11) is 0. The van der Waals surface area contributed by atoms with Crippen molar-refractivity contribution in [3.8, 4) is 5.75 Å². The van der Waals surface area contributed by atoms with E-state index >= 15 is 0 Å². The number of carbonyl (C=O) groups is 1. The molecule has 2 aromatic carbocycles. The molecule has 0 unspecified atom stereocenters. The number of carbonyl (C=O) groups excluding carboxylic acids is 1. The van der Waals surface area contributed by atoms with Crippen molar-refractivity contribution in [1.82, 2.24) is 9.80 Å². The summed E-state index contributed by atoms with van der Waals surface area (Å²) in [6, 6.07) is 19.4. The molecule has 1 aromatic heterocycles. The van der Waals surface area contributed by atoms with E-state index in [9.17, 15) is 9.18 Å². The van der Waals surface area contributed by atoms with Gasteiger partial charge in [0.25, 0.3) is 0 Å². The number of amides is 1. The zero-order valence-corrected chi connectivity index (χ0v) is 21.2. The highest BCUT2D eigenvalue weighted by Crippen LogP contribution is 2.23. The van der Waals surface area contributed by atoms with Gasteiger partial charge in [0.05, 0.1) is 5.69 Å². The molecule has 2 saturated heterocycles. The maximum Gasteiger partial charge on any atom is 0.246 e. The van der Waals surface area contributed by atoms with E-state index in [0.717, 1.165) is 69.3 Å². The molecular weight excluding hydrogens is 473 g/mol. The van der Waals surface area contributed by atoms with Crippen molar-refractivity contribution in [1.29, 1.82) is 0 Å². The monoisotopic (exact) mass is 505 g/mol. The standard InChI is InChI=1S/C29H32FN3O2S/c30-27-5-1-2-6-28(27)32-19-17-31(18-20-32)22-23-7-9-24(10-8-23)35-25-13-15-33(16-14-25)29(34)12-11-26-4-3-21-36-26/h1-12,21,25H,13-20,22H2/b12-11+. The van der Waals surface area contributed by atoms with Gasteiger partial charge in [-0.25, -0.2) is 4.39 Å². The maximum atomic E-state index is 14.1. The number of halogens is 1. The average molecular weight is 506 g/mol. The maximum absolute atomic E-state index is 14.1. The Morgan fingerprint density at radius 3 is 2.39 bits per heavy atom. The molecule has 36 heavy (non-hydrogen) atoms. The van der Waals surface area contributed by atoms with Crippen molar-refractivity contribution < 1.29 is 13.9 Å². The first kappa shape index (κ1) is 24.5. The van der Waals surface area contributed by atoms with Crippen molar-refractivity contribution in [2.75, 3.05) is 44.2 Å². The van der Waals surface area contributed by atoms with E-state index in [1.165, 1.54) is 11.6 Å². The van der Waals surface area contributed by atoms with Crippen LogP contribution in [0.4, 0.5) is 10.1 Å². The quantitative estimate of drug-likeness (QED) is 0.409. The minimum atomic E-state index is -0.148. The zero-order chi connectivity index (χ0) is 24.7. The number of ether oxygens (including phenoxy) is 1. The van der Waals surface area contributed by atoms with Crippen LogP contribution in [0.5, 0.6) is 5.75 Å². The van der Waals surface area contributed by atoms with Crippen LogP contribution in [-0.2, 0) is 11.3 Å². The Morgan fingerprint density at radius 1 is 0.944 bits per heavy atom. The van der Waals surface area contributed by atoms with E-state index in [4.69, 9.17) is 4.74 Å². The number of piperazine rings is 1. The SMILES string of the molecule is O=C(/C=C/c1cccs1)N1CCC(Oc2ccc(CN3CCN(c4ccccc4F)CC3)cc2)CC1. The second-order valence-corrected chi connectivity index (χ2v) is 10.3. The third-order valence-electron chi connectivity index (χ3n) is 6.88. The Hall–Kier alpha value is -3.16. The molecule has 3 aromatic rings. The van der Waals surface area contributed by atoms with Gasteiger partial charge < -0.3 is 14.5 Å². The molecular formula is C29H32FN3O2S. The van der Waals surface area contributed by atoms with E-state index in [1.807, 2.05) is 52.8 Å². The van der Waals surface area contributed by atoms with Gasteiger partial charge >= 0.3 is 0 Å². The number of hydrogen-bond donors (Lipinski definition) is 0. The Kier molecular flexibility index (Phi) is 7.98. The summed E-state index contributed by atoms with van der Waals surface area (Å²) in [5.74, 6) is 0.802. The van der Waals surface area contributed by atoms with Crippen LogP contribution in [0.25, 0.3) is 6.08 Å². The highest BCUT2D eigenvalue weighted by atomic mass is 32.1. The molecule has 0 aliphatic carbocycles. The number of rotatable bonds is 7. The Balaban J connectivity index is 1.04. The predicted octanol–water partition coefficient (Wildman–Crippen LogP) is 5.29. The molecule has 2 aliphatic heterocycles. The number of piperidine rings is 1. The van der Waals surface area contributed by atoms with E-state index in [0.29, 0.717) is 5.69 Å². The number of para-hydroxylation sites is 1. The van der Waals surface area contributed by atoms with Crippen LogP contribution < -0.4 is 9.64 Å². The number of hydrogen-bond acceptors (Lipinski definition) is 5. The molecule has 0 N–H and O–H groups in total. The largest absolute Gasteiger partial charge is 0.490 e. The van der Waals surface area contributed by atoms with Crippen LogP contribution in [0.2, 0.25) is 0 Å². The first-order valence-corrected chi connectivity index (χ1v) is 13.5. The van der Waals surface area contributed by atoms with Crippen molar-refractivity contribution in [3.63, 3.8) is 0 Å². The smallest absolute Gasteiger partial charge is 0.246 e. The minimum Gasteiger partial charge on any atom is -0.490 e. The van der Waals surface area contributed by atoms with E-state index in [2.05, 4.69) is 21.9 Å². The third kappa shape index (κ3) is 6.33. The third-order valence-corrected chi connectivity index (χ3v) is 7.72. The molecule has 7 heteroatoms. The van der Waals surface area contributed by atoms with Gasteiger partial charge in [-0.3, -0.25) is 9.69 Å². The zero-order valence-electron chi connectivity index (χ0n) is 20.4. The van der Waals surface area contributed by atoms with Gasteiger partial charge in [0.2, 0.25) is 5.91 Å². The number of likely N-dealkylation sites (tertiary alicyclic amines) is 1. The molecule has 0 saturated carbocycles. The average Bonchev–Trinajstić information content (AvgIpc) is 3.44. The van der Waals surface area contributed by atoms with Gasteiger partial charge in [0, 0.05) is 69.6 Å². The molecule has 0 spiro atoms. The molecule has 1 amide bonds. The lowest BCUT2D eigenvalue weighted by Crippen LogP contribution is -2.46. The van der Waals surface area contributed by atoms with Gasteiger partial charge in [-0.15, -0.1) is 11.3 Å². The van der Waals surface area contributed by atoms with Crippen molar-refractivity contribution in [2.24, 2.45) is 0 Å². The van der Waals surface area contributed by atoms with Gasteiger partial charge in [-0.05, 0) is 47.4 Å². The number of benzene rings is 2. The lowest BCUT2D eigenvalue weighted by molar-refractivity contribution is -0.127. The van der Waals surface area contributed by atoms with Gasteiger partial charge in [0.15, 0.2) is 0 Å². The summed E-state index contributed by atoms with van der Waals surface area (Å²) < 4.78 is 20.3. The second-order valence-electron chi connectivity index (χ2n) is 9.35. The molecule has 0 atom stereocenters. The summed E-state index contributed by atoms with van der Waals surface area (Å²) in [6.07, 6.45) is 5.37. The molecule has 3 heterocycles. The Bertz CT molecular complexity index is 1150. The lowest BCUT2D eigenvalue weighted by atomic mass is 10.1. The minimum absolute atomic E-state index is 0.0703. The fourth-order valence-corrected chi connectivity index (χ4v) is 5.44.